The smallest absolute Gasteiger partial charge is 0.331 e. The van der Waals surface area contributed by atoms with Crippen molar-refractivity contribution in [2.24, 2.45) is 0 Å². The van der Waals surface area contributed by atoms with Crippen LogP contribution in [0.2, 0.25) is 0 Å². The van der Waals surface area contributed by atoms with Crippen LogP contribution in [0.3, 0.4) is 0 Å². The highest BCUT2D eigenvalue weighted by molar-refractivity contribution is 6.02. The maximum Gasteiger partial charge on any atom is 0.331 e. The Bertz CT molecular complexity index is 1370. The minimum absolute atomic E-state index is 0.0727. The number of esters is 1. The van der Waals surface area contributed by atoms with E-state index in [0.29, 0.717) is 11.1 Å². The number of methoxy groups -OCH3 is 1. The molecule has 6 atom stereocenters. The van der Waals surface area contributed by atoms with Gasteiger partial charge in [-0.1, -0.05) is 6.07 Å². The number of carbonyl (C=O) groups is 3. The third kappa shape index (κ3) is 6.20. The molecule has 2 aromatic carbocycles. The number of ether oxygens (including phenoxy) is 4. The Balaban J connectivity index is 1.72. The molecule has 0 aliphatic carbocycles. The molecule has 0 radical (unpaired) electrons. The Hall–Kier alpha value is -3.97. The van der Waals surface area contributed by atoms with Crippen LogP contribution in [0.4, 0.5) is 0 Å². The normalized spacial score (nSPS) is 25.9. The summed E-state index contributed by atoms with van der Waals surface area (Å²) in [5, 5.41) is 52.1. The highest BCUT2D eigenvalue weighted by Gasteiger charge is 2.49. The second-order valence-corrected chi connectivity index (χ2v) is 10.0. The molecule has 2 aromatic rings. The number of carbonyl (C=O) groups excluding carboxylic acids is 3. The van der Waals surface area contributed by atoms with E-state index < -0.39 is 54.9 Å². The zero-order valence-electron chi connectivity index (χ0n) is 22.6. The van der Waals surface area contributed by atoms with Crippen molar-refractivity contribution >= 4 is 23.6 Å². The number of fused-ring (bicyclic) bond motifs is 1. The van der Waals surface area contributed by atoms with Gasteiger partial charge in [0, 0.05) is 18.9 Å². The first-order chi connectivity index (χ1) is 19.4. The number of hydrogen-bond donors (Lipinski definition) is 5. The van der Waals surface area contributed by atoms with E-state index in [1.807, 2.05) is 0 Å². The average Bonchev–Trinajstić information content (AvgIpc) is 2.91. The molecule has 2 aliphatic heterocycles. The van der Waals surface area contributed by atoms with Crippen LogP contribution in [0.25, 0.3) is 6.08 Å². The Morgan fingerprint density at radius 3 is 2.51 bits per heavy atom. The maximum absolute atomic E-state index is 13.1. The van der Waals surface area contributed by atoms with Crippen LogP contribution in [0.5, 0.6) is 23.0 Å². The van der Waals surface area contributed by atoms with Crippen LogP contribution in [0, 0.1) is 6.92 Å². The molecular weight excluding hydrogens is 540 g/mol. The number of aromatic hydroxyl groups is 2. The summed E-state index contributed by atoms with van der Waals surface area (Å²) in [6.07, 6.45) is -6.48. The van der Waals surface area contributed by atoms with Gasteiger partial charge in [-0.15, -0.1) is 0 Å². The van der Waals surface area contributed by atoms with Crippen molar-refractivity contribution < 1.29 is 58.9 Å². The fourth-order valence-corrected chi connectivity index (χ4v) is 5.07. The van der Waals surface area contributed by atoms with Crippen molar-refractivity contribution in [1.29, 1.82) is 0 Å². The summed E-state index contributed by atoms with van der Waals surface area (Å²) in [5.74, 6) is -1.95. The van der Waals surface area contributed by atoms with Crippen LogP contribution in [0.1, 0.15) is 52.9 Å². The molecule has 0 saturated carbocycles. The first-order valence-corrected chi connectivity index (χ1v) is 12.9. The number of ketones is 2. The fraction of sp³-hybridized carbons (Fsp3) is 0.414. The molecule has 12 heteroatoms. The highest BCUT2D eigenvalue weighted by Crippen LogP contribution is 2.47. The lowest BCUT2D eigenvalue weighted by atomic mass is 9.85. The summed E-state index contributed by atoms with van der Waals surface area (Å²) in [5.41, 5.74) is 0.862. The predicted molar refractivity (Wildman–Crippen MR) is 142 cm³/mol. The number of aliphatic hydroxyl groups excluding tert-OH is 3. The monoisotopic (exact) mass is 572 g/mol. The van der Waals surface area contributed by atoms with Gasteiger partial charge in [0.2, 0.25) is 0 Å². The molecule has 0 bridgehead atoms. The van der Waals surface area contributed by atoms with Crippen molar-refractivity contribution in [3.05, 3.63) is 52.6 Å². The van der Waals surface area contributed by atoms with Crippen molar-refractivity contribution in [3.63, 3.8) is 0 Å². The summed E-state index contributed by atoms with van der Waals surface area (Å²) >= 11 is 0. The lowest BCUT2D eigenvalue weighted by Crippen LogP contribution is -2.56. The molecule has 41 heavy (non-hydrogen) atoms. The third-order valence-electron chi connectivity index (χ3n) is 7.01. The maximum atomic E-state index is 13.1. The SMILES string of the molecule is COc1cc(/C=C/C(=O)O[C@@H]2[C@@H](O)[C@H](O)[C@@H](CO)O[C@H]2c2c(O)cc(C)c3c2OC(CC(C)=O)CC3=O)ccc1O. The first-order valence-electron chi connectivity index (χ1n) is 12.9. The number of aliphatic hydroxyl groups is 3. The Labute approximate surface area is 235 Å². The van der Waals surface area contributed by atoms with Gasteiger partial charge in [-0.2, -0.15) is 0 Å². The number of rotatable bonds is 8. The molecule has 220 valence electrons. The van der Waals surface area contributed by atoms with E-state index in [-0.39, 0.29) is 52.8 Å². The number of phenols is 2. The molecule has 0 amide bonds. The van der Waals surface area contributed by atoms with Gasteiger partial charge >= 0.3 is 5.97 Å². The second-order valence-electron chi connectivity index (χ2n) is 10.0. The third-order valence-corrected chi connectivity index (χ3v) is 7.01. The molecular formula is C29H32O12. The van der Waals surface area contributed by atoms with Gasteiger partial charge in [-0.05, 0) is 49.2 Å². The topological polar surface area (TPSA) is 189 Å². The molecule has 0 aromatic heterocycles. The zero-order chi connectivity index (χ0) is 30.0. The minimum Gasteiger partial charge on any atom is -0.507 e. The van der Waals surface area contributed by atoms with Gasteiger partial charge in [0.25, 0.3) is 0 Å². The molecule has 1 unspecified atom stereocenters. The summed E-state index contributed by atoms with van der Waals surface area (Å²) in [7, 11) is 1.37. The van der Waals surface area contributed by atoms with Gasteiger partial charge in [-0.25, -0.2) is 4.79 Å². The number of phenolic OH excluding ortho intramolecular Hbond substituents is 2. The van der Waals surface area contributed by atoms with Crippen LogP contribution in [-0.2, 0) is 19.1 Å². The average molecular weight is 573 g/mol. The lowest BCUT2D eigenvalue weighted by Gasteiger charge is -2.43. The Morgan fingerprint density at radius 2 is 1.85 bits per heavy atom. The van der Waals surface area contributed by atoms with E-state index in [1.165, 1.54) is 44.4 Å². The standard InChI is InChI=1S/C29H32O12/c1-13-8-18(33)24(27-23(13)19(34)11-16(39-27)9-14(2)31)28-29(26(37)25(36)21(12-30)40-28)41-22(35)7-5-15-4-6-17(32)20(10-15)38-3/h4-8,10,16,21,25-26,28-30,32-33,36-37H,9,11-12H2,1-3H3/b7-5+/t16?,21-,25-,26+,28+,29-/m1/s1. The number of Topliss-reactive ketones (excluding diaryl/α,β-unsaturated/α-hetero) is 2. The molecule has 0 spiro atoms. The Morgan fingerprint density at radius 1 is 1.12 bits per heavy atom. The van der Waals surface area contributed by atoms with Crippen LogP contribution < -0.4 is 9.47 Å². The highest BCUT2D eigenvalue weighted by atomic mass is 16.6. The van der Waals surface area contributed by atoms with Gasteiger partial charge in [0.1, 0.15) is 47.8 Å². The molecule has 5 N–H and O–H groups in total. The predicted octanol–water partition coefficient (Wildman–Crippen LogP) is 1.51. The summed E-state index contributed by atoms with van der Waals surface area (Å²) < 4.78 is 22.4. The molecule has 4 rings (SSSR count). The van der Waals surface area contributed by atoms with E-state index in [0.717, 1.165) is 6.08 Å². The van der Waals surface area contributed by atoms with E-state index >= 15 is 0 Å². The van der Waals surface area contributed by atoms with Crippen LogP contribution >= 0.6 is 0 Å². The van der Waals surface area contributed by atoms with E-state index in [1.54, 1.807) is 6.92 Å². The van der Waals surface area contributed by atoms with Crippen LogP contribution in [0.15, 0.2) is 30.3 Å². The zero-order valence-corrected chi connectivity index (χ0v) is 22.6. The number of benzene rings is 2. The van der Waals surface area contributed by atoms with Gasteiger partial charge < -0.3 is 44.5 Å². The molecule has 2 heterocycles. The number of hydrogen-bond acceptors (Lipinski definition) is 12. The minimum atomic E-state index is -1.78. The second kappa shape index (κ2) is 12.3. The largest absolute Gasteiger partial charge is 0.507 e. The summed E-state index contributed by atoms with van der Waals surface area (Å²) in [4.78, 5) is 37.7. The summed E-state index contributed by atoms with van der Waals surface area (Å²) in [6.45, 7) is 2.22. The van der Waals surface area contributed by atoms with Gasteiger partial charge in [-0.3, -0.25) is 9.59 Å². The van der Waals surface area contributed by atoms with Gasteiger partial charge in [0.15, 0.2) is 23.4 Å². The van der Waals surface area contributed by atoms with Crippen molar-refractivity contribution in [2.75, 3.05) is 13.7 Å². The van der Waals surface area contributed by atoms with E-state index in [4.69, 9.17) is 18.9 Å². The molecule has 12 nitrogen and oxygen atoms in total. The van der Waals surface area contributed by atoms with E-state index in [9.17, 15) is 39.9 Å². The molecule has 1 fully saturated rings. The van der Waals surface area contributed by atoms with Crippen molar-refractivity contribution in [3.8, 4) is 23.0 Å². The van der Waals surface area contributed by atoms with Gasteiger partial charge in [0.05, 0.1) is 24.8 Å². The van der Waals surface area contributed by atoms with Crippen molar-refractivity contribution in [1.82, 2.24) is 0 Å². The summed E-state index contributed by atoms with van der Waals surface area (Å²) in [6, 6.07) is 5.65. The first kappa shape index (κ1) is 30.0. The Kier molecular flexibility index (Phi) is 8.98. The molecule has 1 saturated heterocycles. The lowest BCUT2D eigenvalue weighted by molar-refractivity contribution is -0.240. The number of aryl methyl sites for hydroxylation is 1. The van der Waals surface area contributed by atoms with Crippen molar-refractivity contribution in [2.45, 2.75) is 63.3 Å². The molecule has 2 aliphatic rings. The quantitative estimate of drug-likeness (QED) is 0.227. The van der Waals surface area contributed by atoms with E-state index in [2.05, 4.69) is 0 Å². The fourth-order valence-electron chi connectivity index (χ4n) is 5.07. The van der Waals surface area contributed by atoms with Crippen LogP contribution in [-0.4, -0.2) is 87.3 Å².